The highest BCUT2D eigenvalue weighted by Gasteiger charge is 2.02. The molecule has 3 nitrogen and oxygen atoms in total. The van der Waals surface area contributed by atoms with Crippen LogP contribution in [0.4, 0.5) is 5.69 Å². The van der Waals surface area contributed by atoms with Gasteiger partial charge < -0.3 is 10.1 Å². The summed E-state index contributed by atoms with van der Waals surface area (Å²) in [5.41, 5.74) is 1.19. The fourth-order valence-electron chi connectivity index (χ4n) is 1.47. The Balaban J connectivity index is 2.03. The SMILES string of the molecule is C=C(C)C(=O)Nc1ccc(Oc2ccccc2)cc1. The molecule has 96 valence electrons. The summed E-state index contributed by atoms with van der Waals surface area (Å²) in [7, 11) is 0. The van der Waals surface area contributed by atoms with Crippen LogP contribution in [0.25, 0.3) is 0 Å². The van der Waals surface area contributed by atoms with Crippen LogP contribution in [0.3, 0.4) is 0 Å². The summed E-state index contributed by atoms with van der Waals surface area (Å²) in [5, 5.41) is 2.74. The normalized spacial score (nSPS) is 9.74. The molecule has 0 aliphatic heterocycles. The Bertz CT molecular complexity index is 573. The molecule has 0 spiro atoms. The Hall–Kier alpha value is -2.55. The van der Waals surface area contributed by atoms with Gasteiger partial charge >= 0.3 is 0 Å². The molecule has 0 aliphatic rings. The van der Waals surface area contributed by atoms with Crippen LogP contribution in [0, 0.1) is 0 Å². The fraction of sp³-hybridized carbons (Fsp3) is 0.0625. The van der Waals surface area contributed by atoms with Crippen molar-refractivity contribution in [3.63, 3.8) is 0 Å². The third-order valence-electron chi connectivity index (χ3n) is 2.48. The van der Waals surface area contributed by atoms with Gasteiger partial charge in [-0.15, -0.1) is 0 Å². The van der Waals surface area contributed by atoms with Crippen LogP contribution in [0.2, 0.25) is 0 Å². The molecule has 0 saturated carbocycles. The van der Waals surface area contributed by atoms with Crippen molar-refractivity contribution in [3.8, 4) is 11.5 Å². The van der Waals surface area contributed by atoms with E-state index in [0.29, 0.717) is 11.3 Å². The van der Waals surface area contributed by atoms with Gasteiger partial charge in [0, 0.05) is 11.3 Å². The molecule has 1 N–H and O–H groups in total. The van der Waals surface area contributed by atoms with Gasteiger partial charge in [-0.1, -0.05) is 24.8 Å². The molecule has 2 aromatic carbocycles. The zero-order valence-corrected chi connectivity index (χ0v) is 10.7. The topological polar surface area (TPSA) is 38.3 Å². The van der Waals surface area contributed by atoms with Gasteiger partial charge in [0.2, 0.25) is 0 Å². The predicted molar refractivity (Wildman–Crippen MR) is 76.4 cm³/mol. The lowest BCUT2D eigenvalue weighted by Gasteiger charge is -2.07. The van der Waals surface area contributed by atoms with Gasteiger partial charge in [-0.25, -0.2) is 0 Å². The number of para-hydroxylation sites is 1. The van der Waals surface area contributed by atoms with Crippen molar-refractivity contribution >= 4 is 11.6 Å². The fourth-order valence-corrected chi connectivity index (χ4v) is 1.47. The number of rotatable bonds is 4. The molecule has 0 heterocycles. The Morgan fingerprint density at radius 1 is 1.00 bits per heavy atom. The van der Waals surface area contributed by atoms with Crippen LogP contribution in [0.1, 0.15) is 6.92 Å². The first kappa shape index (κ1) is 12.9. The highest BCUT2D eigenvalue weighted by Crippen LogP contribution is 2.22. The lowest BCUT2D eigenvalue weighted by Crippen LogP contribution is -2.11. The van der Waals surface area contributed by atoms with Gasteiger partial charge in [-0.3, -0.25) is 4.79 Å². The summed E-state index contributed by atoms with van der Waals surface area (Å²) in [6.07, 6.45) is 0. The third-order valence-corrected chi connectivity index (χ3v) is 2.48. The first-order chi connectivity index (χ1) is 9.15. The Labute approximate surface area is 112 Å². The summed E-state index contributed by atoms with van der Waals surface area (Å²) >= 11 is 0. The number of anilines is 1. The number of benzene rings is 2. The second-order valence-corrected chi connectivity index (χ2v) is 4.17. The molecular formula is C16H15NO2. The van der Waals surface area contributed by atoms with Crippen LogP contribution in [-0.2, 0) is 4.79 Å². The van der Waals surface area contributed by atoms with E-state index in [1.807, 2.05) is 30.3 Å². The highest BCUT2D eigenvalue weighted by atomic mass is 16.5. The zero-order valence-electron chi connectivity index (χ0n) is 10.7. The summed E-state index contributed by atoms with van der Waals surface area (Å²) in [4.78, 5) is 11.4. The number of carbonyl (C=O) groups is 1. The minimum Gasteiger partial charge on any atom is -0.457 e. The number of amides is 1. The lowest BCUT2D eigenvalue weighted by atomic mass is 10.2. The van der Waals surface area contributed by atoms with Crippen molar-refractivity contribution in [1.29, 1.82) is 0 Å². The van der Waals surface area contributed by atoms with Crippen LogP contribution in [-0.4, -0.2) is 5.91 Å². The van der Waals surface area contributed by atoms with Crippen LogP contribution in [0.5, 0.6) is 11.5 Å². The molecule has 0 aliphatic carbocycles. The van der Waals surface area contributed by atoms with Gasteiger partial charge in [-0.2, -0.15) is 0 Å². The van der Waals surface area contributed by atoms with Crippen molar-refractivity contribution in [1.82, 2.24) is 0 Å². The van der Waals surface area contributed by atoms with Crippen LogP contribution < -0.4 is 10.1 Å². The van der Waals surface area contributed by atoms with Gasteiger partial charge in [0.1, 0.15) is 11.5 Å². The standard InChI is InChI=1S/C16H15NO2/c1-12(2)16(18)17-13-8-10-15(11-9-13)19-14-6-4-3-5-7-14/h3-11H,1H2,2H3,(H,17,18). The Morgan fingerprint density at radius 2 is 1.58 bits per heavy atom. The number of hydrogen-bond acceptors (Lipinski definition) is 2. The van der Waals surface area contributed by atoms with Crippen molar-refractivity contribution in [2.75, 3.05) is 5.32 Å². The largest absolute Gasteiger partial charge is 0.457 e. The van der Waals surface area contributed by atoms with E-state index in [1.165, 1.54) is 0 Å². The summed E-state index contributed by atoms with van der Waals surface area (Å²) in [5.74, 6) is 1.32. The molecule has 0 fully saturated rings. The first-order valence-corrected chi connectivity index (χ1v) is 5.95. The van der Waals surface area contributed by atoms with E-state index in [9.17, 15) is 4.79 Å². The van der Waals surface area contributed by atoms with E-state index in [-0.39, 0.29) is 5.91 Å². The van der Waals surface area contributed by atoms with Gasteiger partial charge in [0.05, 0.1) is 0 Å². The van der Waals surface area contributed by atoms with E-state index in [1.54, 1.807) is 31.2 Å². The predicted octanol–water partition coefficient (Wildman–Crippen LogP) is 3.99. The molecule has 0 bridgehead atoms. The maximum atomic E-state index is 11.4. The Kier molecular flexibility index (Phi) is 3.98. The van der Waals surface area contributed by atoms with E-state index >= 15 is 0 Å². The molecular weight excluding hydrogens is 238 g/mol. The number of carbonyl (C=O) groups excluding carboxylic acids is 1. The first-order valence-electron chi connectivity index (χ1n) is 5.95. The minimum atomic E-state index is -0.184. The zero-order chi connectivity index (χ0) is 13.7. The lowest BCUT2D eigenvalue weighted by molar-refractivity contribution is -0.112. The minimum absolute atomic E-state index is 0.184. The molecule has 1 amide bonds. The molecule has 0 radical (unpaired) electrons. The molecule has 3 heteroatoms. The van der Waals surface area contributed by atoms with E-state index in [2.05, 4.69) is 11.9 Å². The molecule has 19 heavy (non-hydrogen) atoms. The number of nitrogens with one attached hydrogen (secondary N) is 1. The molecule has 0 aromatic heterocycles. The van der Waals surface area contributed by atoms with Gasteiger partial charge in [0.25, 0.3) is 5.91 Å². The summed E-state index contributed by atoms with van der Waals surface area (Å²) in [6.45, 7) is 5.26. The maximum absolute atomic E-state index is 11.4. The van der Waals surface area contributed by atoms with Crippen molar-refractivity contribution in [2.24, 2.45) is 0 Å². The monoisotopic (exact) mass is 253 g/mol. The van der Waals surface area contributed by atoms with E-state index in [0.717, 1.165) is 11.5 Å². The van der Waals surface area contributed by atoms with Crippen molar-refractivity contribution < 1.29 is 9.53 Å². The van der Waals surface area contributed by atoms with Gasteiger partial charge in [0.15, 0.2) is 0 Å². The molecule has 2 rings (SSSR count). The van der Waals surface area contributed by atoms with Gasteiger partial charge in [-0.05, 0) is 43.3 Å². The maximum Gasteiger partial charge on any atom is 0.250 e. The number of ether oxygens (including phenoxy) is 1. The second kappa shape index (κ2) is 5.87. The van der Waals surface area contributed by atoms with Crippen molar-refractivity contribution in [2.45, 2.75) is 6.92 Å². The van der Waals surface area contributed by atoms with E-state index < -0.39 is 0 Å². The number of hydrogen-bond donors (Lipinski definition) is 1. The summed E-state index contributed by atoms with van der Waals surface area (Å²) in [6, 6.07) is 16.7. The molecule has 0 atom stereocenters. The molecule has 2 aromatic rings. The molecule has 0 unspecified atom stereocenters. The average molecular weight is 253 g/mol. The molecule has 0 saturated heterocycles. The smallest absolute Gasteiger partial charge is 0.250 e. The van der Waals surface area contributed by atoms with E-state index in [4.69, 9.17) is 4.74 Å². The summed E-state index contributed by atoms with van der Waals surface area (Å²) < 4.78 is 5.66. The van der Waals surface area contributed by atoms with Crippen LogP contribution >= 0.6 is 0 Å². The Morgan fingerprint density at radius 3 is 2.16 bits per heavy atom. The highest BCUT2D eigenvalue weighted by molar-refractivity contribution is 6.02. The average Bonchev–Trinajstić information content (AvgIpc) is 2.42. The third kappa shape index (κ3) is 3.71. The quantitative estimate of drug-likeness (QED) is 0.836. The van der Waals surface area contributed by atoms with Crippen LogP contribution in [0.15, 0.2) is 66.7 Å². The second-order valence-electron chi connectivity index (χ2n) is 4.17. The van der Waals surface area contributed by atoms with Crippen molar-refractivity contribution in [3.05, 3.63) is 66.7 Å².